The highest BCUT2D eigenvalue weighted by atomic mass is 16.5. The zero-order valence-corrected chi connectivity index (χ0v) is 38.7. The zero-order valence-electron chi connectivity index (χ0n) is 38.7. The van der Waals surface area contributed by atoms with Crippen molar-refractivity contribution in [2.45, 2.75) is 26.2 Å². The lowest BCUT2D eigenvalue weighted by Crippen LogP contribution is -1.99. The van der Waals surface area contributed by atoms with E-state index in [-0.39, 0.29) is 0 Å². The van der Waals surface area contributed by atoms with Crippen molar-refractivity contribution in [2.24, 2.45) is 0 Å². The Morgan fingerprint density at radius 2 is 0.623 bits per heavy atom. The van der Waals surface area contributed by atoms with Gasteiger partial charge in [-0.3, -0.25) is 18.7 Å². The number of H-pyrrole nitrogens is 1. The third kappa shape index (κ3) is 8.93. The molecular weight excluding hydrogens is 863 g/mol. The van der Waals surface area contributed by atoms with Gasteiger partial charge < -0.3 is 23.9 Å². The number of rotatable bonds is 16. The number of hydrogen-bond donors (Lipinski definition) is 1. The minimum atomic E-state index is 0.609. The second-order valence-electron chi connectivity index (χ2n) is 17.1. The Morgan fingerprint density at radius 3 is 0.913 bits per heavy atom. The Morgan fingerprint density at radius 1 is 0.348 bits per heavy atom. The fraction of sp³-hybridized carbons (Fsp3) is 0.143. The second-order valence-corrected chi connectivity index (χ2v) is 17.1. The van der Waals surface area contributed by atoms with Crippen molar-refractivity contribution < 1.29 is 18.9 Å². The summed E-state index contributed by atoms with van der Waals surface area (Å²) < 4.78 is 29.5. The summed E-state index contributed by atoms with van der Waals surface area (Å²) in [6, 6.07) is 41.4. The summed E-state index contributed by atoms with van der Waals surface area (Å²) in [5.41, 5.74) is 14.6. The predicted molar refractivity (Wildman–Crippen MR) is 269 cm³/mol. The maximum absolute atomic E-state index is 5.41. The van der Waals surface area contributed by atoms with Crippen LogP contribution in [0.4, 0.5) is 0 Å². The van der Waals surface area contributed by atoms with Gasteiger partial charge >= 0.3 is 0 Å². The first-order valence-electron chi connectivity index (χ1n) is 22.6. The molecule has 13 heteroatoms. The number of fused-ring (bicyclic) bond motifs is 3. The molecule has 5 aromatic heterocycles. The average molecular weight is 912 g/mol. The van der Waals surface area contributed by atoms with Gasteiger partial charge in [0.1, 0.15) is 23.0 Å². The molecule has 0 aliphatic rings. The molecule has 13 nitrogen and oxygen atoms in total. The fourth-order valence-corrected chi connectivity index (χ4v) is 8.94. The van der Waals surface area contributed by atoms with Gasteiger partial charge in [-0.15, -0.1) is 0 Å². The van der Waals surface area contributed by atoms with E-state index < -0.39 is 0 Å². The van der Waals surface area contributed by atoms with Gasteiger partial charge in [-0.05, 0) is 106 Å². The van der Waals surface area contributed by atoms with Crippen LogP contribution in [0.2, 0.25) is 0 Å². The molecule has 11 rings (SSSR count). The molecule has 5 heterocycles. The smallest absolute Gasteiger partial charge is 0.118 e. The van der Waals surface area contributed by atoms with E-state index in [0.717, 1.165) is 112 Å². The van der Waals surface area contributed by atoms with E-state index in [1.165, 1.54) is 0 Å². The van der Waals surface area contributed by atoms with Gasteiger partial charge in [0.15, 0.2) is 0 Å². The maximum atomic E-state index is 5.41. The van der Waals surface area contributed by atoms with Gasteiger partial charge in [-0.25, -0.2) is 0 Å². The summed E-state index contributed by atoms with van der Waals surface area (Å²) in [7, 11) is 6.72. The van der Waals surface area contributed by atoms with Crippen LogP contribution >= 0.6 is 0 Å². The van der Waals surface area contributed by atoms with Gasteiger partial charge in [0.05, 0.1) is 90.4 Å². The van der Waals surface area contributed by atoms with Crippen molar-refractivity contribution in [3.8, 4) is 67.5 Å². The SMILES string of the molecule is COc1ccc(Cn2cc(-c3cc(-c4cnn(Cc5ccc(OC)cc5)c4)c4[nH]c5c(-c6cnn(Cc7ccc(OC)cc7)c6)cc(-c6cnn(Cc7ccc(OC)cc7)c6)cc5c4c3)cn2)cc1. The van der Waals surface area contributed by atoms with E-state index in [1.54, 1.807) is 28.4 Å². The molecular formula is C56H49N9O4. The van der Waals surface area contributed by atoms with Crippen LogP contribution in [0.25, 0.3) is 66.3 Å². The molecule has 69 heavy (non-hydrogen) atoms. The fourth-order valence-electron chi connectivity index (χ4n) is 8.94. The number of aromatic nitrogens is 9. The van der Waals surface area contributed by atoms with Crippen LogP contribution < -0.4 is 18.9 Å². The molecule has 0 bridgehead atoms. The summed E-state index contributed by atoms with van der Waals surface area (Å²) in [4.78, 5) is 3.94. The van der Waals surface area contributed by atoms with E-state index in [0.29, 0.717) is 26.2 Å². The molecule has 0 aliphatic carbocycles. The lowest BCUT2D eigenvalue weighted by Gasteiger charge is -2.07. The number of nitrogens with zero attached hydrogens (tertiary/aromatic N) is 8. The van der Waals surface area contributed by atoms with Gasteiger partial charge in [-0.1, -0.05) is 48.5 Å². The highest BCUT2D eigenvalue weighted by Gasteiger charge is 2.20. The lowest BCUT2D eigenvalue weighted by atomic mass is 9.95. The molecule has 0 fully saturated rings. The first-order chi connectivity index (χ1) is 33.9. The molecule has 0 amide bonds. The van der Waals surface area contributed by atoms with E-state index in [1.807, 2.05) is 92.0 Å². The van der Waals surface area contributed by atoms with Crippen molar-refractivity contribution >= 4 is 21.8 Å². The average Bonchev–Trinajstić information content (AvgIpc) is 4.27. The first kappa shape index (κ1) is 42.8. The number of ether oxygens (including phenoxy) is 4. The van der Waals surface area contributed by atoms with E-state index in [9.17, 15) is 0 Å². The second kappa shape index (κ2) is 18.4. The number of nitrogens with one attached hydrogen (secondary N) is 1. The Bertz CT molecular complexity index is 3310. The molecule has 0 radical (unpaired) electrons. The highest BCUT2D eigenvalue weighted by molar-refractivity contribution is 6.17. The molecule has 1 N–H and O–H groups in total. The molecule has 0 saturated heterocycles. The van der Waals surface area contributed by atoms with Crippen molar-refractivity contribution in [3.05, 3.63) is 193 Å². The van der Waals surface area contributed by atoms with Crippen molar-refractivity contribution in [1.29, 1.82) is 0 Å². The van der Waals surface area contributed by atoms with E-state index >= 15 is 0 Å². The molecule has 0 unspecified atom stereocenters. The highest BCUT2D eigenvalue weighted by Crippen LogP contribution is 2.42. The Labute approximate surface area is 398 Å². The summed E-state index contributed by atoms with van der Waals surface area (Å²) in [5.74, 6) is 3.28. The van der Waals surface area contributed by atoms with Gasteiger partial charge in [0.25, 0.3) is 0 Å². The molecule has 11 aromatic rings. The third-order valence-corrected chi connectivity index (χ3v) is 12.7. The van der Waals surface area contributed by atoms with E-state index in [4.69, 9.17) is 39.3 Å². The Kier molecular flexibility index (Phi) is 11.4. The summed E-state index contributed by atoms with van der Waals surface area (Å²) in [6.45, 7) is 2.46. The Balaban J connectivity index is 1.05. The predicted octanol–water partition coefficient (Wildman–Crippen LogP) is 11.0. The summed E-state index contributed by atoms with van der Waals surface area (Å²) >= 11 is 0. The topological polar surface area (TPSA) is 124 Å². The summed E-state index contributed by atoms with van der Waals surface area (Å²) in [6.07, 6.45) is 16.3. The van der Waals surface area contributed by atoms with Crippen molar-refractivity contribution in [1.82, 2.24) is 44.1 Å². The monoisotopic (exact) mass is 911 g/mol. The normalized spacial score (nSPS) is 11.4. The molecule has 342 valence electrons. The maximum Gasteiger partial charge on any atom is 0.118 e. The minimum Gasteiger partial charge on any atom is -0.497 e. The van der Waals surface area contributed by atoms with Crippen LogP contribution in [-0.4, -0.2) is 72.5 Å². The van der Waals surface area contributed by atoms with E-state index in [2.05, 4.69) is 103 Å². The molecule has 0 spiro atoms. The van der Waals surface area contributed by atoms with Crippen LogP contribution in [-0.2, 0) is 26.2 Å². The molecule has 6 aromatic carbocycles. The number of aromatic amines is 1. The Hall–Kier alpha value is -8.84. The van der Waals surface area contributed by atoms with Gasteiger partial charge in [0.2, 0.25) is 0 Å². The largest absolute Gasteiger partial charge is 0.497 e. The number of methoxy groups -OCH3 is 4. The molecule has 0 aliphatic heterocycles. The van der Waals surface area contributed by atoms with Gasteiger partial charge in [0, 0.05) is 68.9 Å². The first-order valence-corrected chi connectivity index (χ1v) is 22.6. The summed E-state index contributed by atoms with van der Waals surface area (Å²) in [5, 5.41) is 21.6. The minimum absolute atomic E-state index is 0.609. The van der Waals surface area contributed by atoms with Crippen LogP contribution in [0.3, 0.4) is 0 Å². The van der Waals surface area contributed by atoms with Gasteiger partial charge in [-0.2, -0.15) is 20.4 Å². The number of benzene rings is 6. The quantitative estimate of drug-likeness (QED) is 0.102. The molecule has 0 atom stereocenters. The van der Waals surface area contributed by atoms with Crippen LogP contribution in [0, 0.1) is 0 Å². The number of hydrogen-bond acceptors (Lipinski definition) is 8. The molecule has 0 saturated carbocycles. The van der Waals surface area contributed by atoms with Crippen LogP contribution in [0.5, 0.6) is 23.0 Å². The lowest BCUT2D eigenvalue weighted by molar-refractivity contribution is 0.414. The van der Waals surface area contributed by atoms with Crippen LogP contribution in [0.15, 0.2) is 171 Å². The third-order valence-electron chi connectivity index (χ3n) is 12.7. The van der Waals surface area contributed by atoms with Crippen LogP contribution in [0.1, 0.15) is 22.3 Å². The zero-order chi connectivity index (χ0) is 46.8. The van der Waals surface area contributed by atoms with Crippen molar-refractivity contribution in [3.63, 3.8) is 0 Å². The van der Waals surface area contributed by atoms with Crippen molar-refractivity contribution in [2.75, 3.05) is 28.4 Å². The standard InChI is InChI=1S/C56H49N9O4/c1-66-47-13-5-37(6-14-47)29-62-33-43(25-57-62)41-21-51(45-27-59-64(35-45)31-39-9-17-49(68-3)18-10-39)55-53(23-41)54-24-42(44-26-58-63(34-44)30-38-7-15-48(67-2)16-8-38)22-52(56(54)61-55)46-28-60-65(36-46)32-40-11-19-50(69-4)20-12-40/h5-28,33-36,61H,29-32H2,1-4H3.